The van der Waals surface area contributed by atoms with Crippen molar-refractivity contribution in [3.05, 3.63) is 59.4 Å². The second-order valence-electron chi connectivity index (χ2n) is 8.31. The van der Waals surface area contributed by atoms with Crippen molar-refractivity contribution < 1.29 is 4.74 Å². The first-order valence-corrected chi connectivity index (χ1v) is 11.5. The third-order valence-corrected chi connectivity index (χ3v) is 6.03. The van der Waals surface area contributed by atoms with Crippen LogP contribution in [-0.4, -0.2) is 11.6 Å². The predicted octanol–water partition coefficient (Wildman–Crippen LogP) is 7.12. The number of rotatable bonds is 8. The molecule has 1 aromatic carbocycles. The van der Waals surface area contributed by atoms with Gasteiger partial charge in [-0.05, 0) is 79.7 Å². The number of hydrogen-bond donors (Lipinski definition) is 0. The van der Waals surface area contributed by atoms with E-state index in [0.29, 0.717) is 0 Å². The van der Waals surface area contributed by atoms with Crippen LogP contribution in [0.3, 0.4) is 0 Å². The molecule has 0 atom stereocenters. The molecule has 1 aromatic heterocycles. The lowest BCUT2D eigenvalue weighted by Gasteiger charge is -2.28. The highest BCUT2D eigenvalue weighted by molar-refractivity contribution is 5.42. The minimum atomic E-state index is 0.733. The van der Waals surface area contributed by atoms with E-state index in [0.717, 1.165) is 48.3 Å². The molecule has 1 aliphatic carbocycles. The second-order valence-corrected chi connectivity index (χ2v) is 8.31. The van der Waals surface area contributed by atoms with Gasteiger partial charge in [-0.3, -0.25) is 0 Å². The minimum absolute atomic E-state index is 0.733. The van der Waals surface area contributed by atoms with Crippen LogP contribution in [-0.2, 0) is 0 Å². The third-order valence-electron chi connectivity index (χ3n) is 6.03. The van der Waals surface area contributed by atoms with Gasteiger partial charge in [-0.2, -0.15) is 0 Å². The molecule has 29 heavy (non-hydrogen) atoms. The summed E-state index contributed by atoms with van der Waals surface area (Å²) in [6, 6.07) is 12.8. The van der Waals surface area contributed by atoms with Crippen molar-refractivity contribution in [3.8, 4) is 17.6 Å². The van der Waals surface area contributed by atoms with Gasteiger partial charge in [0.05, 0.1) is 12.8 Å². The highest BCUT2D eigenvalue weighted by atomic mass is 16.5. The van der Waals surface area contributed by atoms with Crippen LogP contribution >= 0.6 is 0 Å². The highest BCUT2D eigenvalue weighted by Crippen LogP contribution is 2.37. The zero-order chi connectivity index (χ0) is 20.3. The predicted molar refractivity (Wildman–Crippen MR) is 121 cm³/mol. The van der Waals surface area contributed by atoms with E-state index in [1.54, 1.807) is 6.20 Å². The van der Waals surface area contributed by atoms with Crippen LogP contribution < -0.4 is 4.74 Å². The van der Waals surface area contributed by atoms with Gasteiger partial charge in [-0.15, -0.1) is 0 Å². The van der Waals surface area contributed by atoms with Gasteiger partial charge in [0.1, 0.15) is 11.4 Å². The maximum Gasteiger partial charge on any atom is 0.137 e. The lowest BCUT2D eigenvalue weighted by molar-refractivity contribution is 0.304. The Morgan fingerprint density at radius 1 is 0.897 bits per heavy atom. The Labute approximate surface area is 177 Å². The molecule has 2 heteroatoms. The summed E-state index contributed by atoms with van der Waals surface area (Å²) in [7, 11) is 0. The molecule has 0 aliphatic heterocycles. The number of benzene rings is 1. The molecule has 1 aliphatic rings. The summed E-state index contributed by atoms with van der Waals surface area (Å²) in [6.07, 6.45) is 13.6. The van der Waals surface area contributed by atoms with Gasteiger partial charge in [-0.1, -0.05) is 57.6 Å². The molecule has 0 spiro atoms. The van der Waals surface area contributed by atoms with Crippen LogP contribution in [0.25, 0.3) is 0 Å². The number of hydrogen-bond acceptors (Lipinski definition) is 2. The van der Waals surface area contributed by atoms with Gasteiger partial charge in [-0.25, -0.2) is 4.98 Å². The summed E-state index contributed by atoms with van der Waals surface area (Å²) in [5, 5.41) is 0. The first-order chi connectivity index (χ1) is 14.3. The maximum atomic E-state index is 5.65. The Morgan fingerprint density at radius 3 is 2.31 bits per heavy atom. The zero-order valence-corrected chi connectivity index (χ0v) is 18.1. The van der Waals surface area contributed by atoms with E-state index in [4.69, 9.17) is 4.74 Å². The average molecular weight is 390 g/mol. The van der Waals surface area contributed by atoms with Crippen molar-refractivity contribution in [3.63, 3.8) is 0 Å². The van der Waals surface area contributed by atoms with Crippen molar-refractivity contribution in [1.29, 1.82) is 0 Å². The van der Waals surface area contributed by atoms with Crippen LogP contribution in [0, 0.1) is 17.8 Å². The van der Waals surface area contributed by atoms with E-state index in [2.05, 4.69) is 54.9 Å². The Kier molecular flexibility index (Phi) is 8.62. The van der Waals surface area contributed by atoms with Crippen molar-refractivity contribution in [2.24, 2.45) is 5.92 Å². The zero-order valence-electron chi connectivity index (χ0n) is 18.1. The Hall–Kier alpha value is -2.27. The van der Waals surface area contributed by atoms with Gasteiger partial charge in [0, 0.05) is 5.56 Å². The molecule has 0 unspecified atom stereocenters. The van der Waals surface area contributed by atoms with Gasteiger partial charge in [0.15, 0.2) is 0 Å². The molecule has 2 nitrogen and oxygen atoms in total. The first kappa shape index (κ1) is 21.4. The molecular weight excluding hydrogens is 354 g/mol. The molecule has 0 radical (unpaired) electrons. The van der Waals surface area contributed by atoms with Crippen LogP contribution in [0.15, 0.2) is 42.6 Å². The second kappa shape index (κ2) is 11.7. The molecule has 2 aromatic rings. The van der Waals surface area contributed by atoms with Gasteiger partial charge >= 0.3 is 0 Å². The Morgan fingerprint density at radius 2 is 1.66 bits per heavy atom. The van der Waals surface area contributed by atoms with Gasteiger partial charge in [0.25, 0.3) is 0 Å². The SMILES string of the molecule is CCCCOc1ccc(C#Cc2ccc([C@H]3CC[C@H](CCCC)CC3)cc2)nc1. The number of pyridine rings is 1. The number of unbranched alkanes of at least 4 members (excludes halogenated alkanes) is 2. The third kappa shape index (κ3) is 6.93. The van der Waals surface area contributed by atoms with Gasteiger partial charge < -0.3 is 4.74 Å². The fraction of sp³-hybridized carbons (Fsp3) is 0.519. The molecule has 1 heterocycles. The topological polar surface area (TPSA) is 22.1 Å². The summed E-state index contributed by atoms with van der Waals surface area (Å²) >= 11 is 0. The normalized spacial score (nSPS) is 18.7. The quantitative estimate of drug-likeness (QED) is 0.354. The van der Waals surface area contributed by atoms with Crippen LogP contribution in [0.1, 0.15) is 94.4 Å². The summed E-state index contributed by atoms with van der Waals surface area (Å²) in [5.74, 6) is 8.92. The summed E-state index contributed by atoms with van der Waals surface area (Å²) in [4.78, 5) is 4.39. The van der Waals surface area contributed by atoms with Crippen LogP contribution in [0.5, 0.6) is 5.75 Å². The summed E-state index contributed by atoms with van der Waals surface area (Å²) < 4.78 is 5.65. The highest BCUT2D eigenvalue weighted by Gasteiger charge is 2.21. The van der Waals surface area contributed by atoms with E-state index in [1.807, 2.05) is 12.1 Å². The molecule has 0 N–H and O–H groups in total. The Balaban J connectivity index is 1.51. The van der Waals surface area contributed by atoms with Crippen molar-refractivity contribution in [2.45, 2.75) is 77.6 Å². The standard InChI is InChI=1S/C27H35NO/c1-3-5-7-22-8-13-24(14-9-22)25-15-10-23(11-16-25)12-17-26-18-19-27(21-28-26)29-20-6-4-2/h10-11,15-16,18-19,21-22,24H,3-9,13-14,20H2,1-2H3/t22-,24-. The van der Waals surface area contributed by atoms with Crippen molar-refractivity contribution >= 4 is 0 Å². The minimum Gasteiger partial charge on any atom is -0.492 e. The van der Waals surface area contributed by atoms with E-state index >= 15 is 0 Å². The molecule has 1 fully saturated rings. The average Bonchev–Trinajstić information content (AvgIpc) is 2.78. The summed E-state index contributed by atoms with van der Waals surface area (Å²) in [5.41, 5.74) is 3.31. The molecule has 3 rings (SSSR count). The van der Waals surface area contributed by atoms with E-state index in [9.17, 15) is 0 Å². The smallest absolute Gasteiger partial charge is 0.137 e. The monoisotopic (exact) mass is 389 g/mol. The fourth-order valence-corrected chi connectivity index (χ4v) is 4.13. The van der Waals surface area contributed by atoms with Crippen molar-refractivity contribution in [2.75, 3.05) is 6.61 Å². The number of nitrogens with zero attached hydrogens (tertiary/aromatic N) is 1. The number of ether oxygens (including phenoxy) is 1. The van der Waals surface area contributed by atoms with E-state index in [1.165, 1.54) is 50.5 Å². The van der Waals surface area contributed by atoms with E-state index < -0.39 is 0 Å². The molecule has 1 saturated carbocycles. The molecule has 0 amide bonds. The van der Waals surface area contributed by atoms with Crippen LogP contribution in [0.4, 0.5) is 0 Å². The molecule has 0 saturated heterocycles. The lowest BCUT2D eigenvalue weighted by Crippen LogP contribution is -2.13. The molecule has 154 valence electrons. The van der Waals surface area contributed by atoms with Gasteiger partial charge in [0.2, 0.25) is 0 Å². The van der Waals surface area contributed by atoms with E-state index in [-0.39, 0.29) is 0 Å². The Bertz CT molecular complexity index is 774. The largest absolute Gasteiger partial charge is 0.492 e. The first-order valence-electron chi connectivity index (χ1n) is 11.5. The fourth-order valence-electron chi connectivity index (χ4n) is 4.13. The summed E-state index contributed by atoms with van der Waals surface area (Å²) in [6.45, 7) is 5.20. The van der Waals surface area contributed by atoms with Crippen LogP contribution in [0.2, 0.25) is 0 Å². The maximum absolute atomic E-state index is 5.65. The number of aromatic nitrogens is 1. The lowest BCUT2D eigenvalue weighted by atomic mass is 9.77. The molecular formula is C27H35NO. The van der Waals surface area contributed by atoms with Crippen molar-refractivity contribution in [1.82, 2.24) is 4.98 Å². The molecule has 0 bridgehead atoms.